The van der Waals surface area contributed by atoms with Gasteiger partial charge in [-0.25, -0.2) is 9.80 Å². The molecule has 2 aromatic carbocycles. The molecule has 0 bridgehead atoms. The van der Waals surface area contributed by atoms with Crippen molar-refractivity contribution in [2.45, 2.75) is 51.5 Å². The normalized spacial score (nSPS) is 16.7. The molecule has 8 heteroatoms. The number of hydrazine groups is 1. The number of nitrogens with two attached hydrogens (primary N) is 1. The van der Waals surface area contributed by atoms with Crippen LogP contribution in [-0.4, -0.2) is 78.6 Å². The minimum atomic E-state index is -0.838. The number of nitrogens with zero attached hydrogens (tertiary/aromatic N) is 3. The number of piperazine rings is 1. The SMILES string of the molecule is CN1CCN(c2ccc(CN(C[C@H](O)[C@@H](N)Cc3ccccc3)NC(=O)OC(C)(C)C)cc2)CC1. The molecule has 3 rings (SSSR count). The number of likely N-dealkylation sites (N-methyl/N-ethyl adjacent to an activating group) is 1. The molecule has 2 aromatic rings. The molecule has 1 saturated heterocycles. The van der Waals surface area contributed by atoms with Gasteiger partial charge in [0, 0.05) is 51.0 Å². The molecule has 0 saturated carbocycles. The summed E-state index contributed by atoms with van der Waals surface area (Å²) in [7, 11) is 2.15. The van der Waals surface area contributed by atoms with Crippen LogP contribution < -0.4 is 16.1 Å². The van der Waals surface area contributed by atoms with Crippen LogP contribution in [0.25, 0.3) is 0 Å². The fourth-order valence-electron chi connectivity index (χ4n) is 4.06. The Morgan fingerprint density at radius 3 is 2.29 bits per heavy atom. The zero-order valence-electron chi connectivity index (χ0n) is 21.5. The van der Waals surface area contributed by atoms with E-state index in [0.717, 1.165) is 37.3 Å². The molecule has 1 fully saturated rings. The number of carbonyl (C=O) groups is 1. The number of aliphatic hydroxyl groups is 1. The van der Waals surface area contributed by atoms with E-state index in [2.05, 4.69) is 46.5 Å². The maximum Gasteiger partial charge on any atom is 0.422 e. The number of nitrogens with one attached hydrogen (secondary N) is 1. The highest BCUT2D eigenvalue weighted by molar-refractivity contribution is 5.67. The van der Waals surface area contributed by atoms with Crippen LogP contribution in [0.3, 0.4) is 0 Å². The second kappa shape index (κ2) is 12.4. The van der Waals surface area contributed by atoms with Gasteiger partial charge in [0.15, 0.2) is 0 Å². The molecule has 192 valence electrons. The summed E-state index contributed by atoms with van der Waals surface area (Å²) in [6.45, 7) is 10.2. The molecule has 1 aliphatic heterocycles. The van der Waals surface area contributed by atoms with Crippen LogP contribution in [0.4, 0.5) is 10.5 Å². The number of benzene rings is 2. The average molecular weight is 484 g/mol. The van der Waals surface area contributed by atoms with E-state index in [1.165, 1.54) is 5.69 Å². The quantitative estimate of drug-likeness (QED) is 0.472. The van der Waals surface area contributed by atoms with Crippen molar-refractivity contribution in [3.8, 4) is 0 Å². The monoisotopic (exact) mass is 483 g/mol. The first-order valence-electron chi connectivity index (χ1n) is 12.3. The van der Waals surface area contributed by atoms with Crippen molar-refractivity contribution < 1.29 is 14.6 Å². The van der Waals surface area contributed by atoms with Crippen molar-refractivity contribution in [3.63, 3.8) is 0 Å². The number of ether oxygens (including phenoxy) is 1. The molecule has 1 amide bonds. The number of carbonyl (C=O) groups excluding carboxylic acids is 1. The second-order valence-electron chi connectivity index (χ2n) is 10.4. The number of amides is 1. The first kappa shape index (κ1) is 26.9. The third-order valence-corrected chi connectivity index (χ3v) is 6.04. The highest BCUT2D eigenvalue weighted by Gasteiger charge is 2.23. The van der Waals surface area contributed by atoms with Gasteiger partial charge in [-0.3, -0.25) is 5.43 Å². The van der Waals surface area contributed by atoms with Gasteiger partial charge in [-0.15, -0.1) is 0 Å². The zero-order chi connectivity index (χ0) is 25.4. The largest absolute Gasteiger partial charge is 0.443 e. The average Bonchev–Trinajstić information content (AvgIpc) is 2.79. The van der Waals surface area contributed by atoms with Gasteiger partial charge in [-0.2, -0.15) is 0 Å². The van der Waals surface area contributed by atoms with Crippen molar-refractivity contribution in [1.82, 2.24) is 15.3 Å². The van der Waals surface area contributed by atoms with E-state index in [9.17, 15) is 9.90 Å². The fraction of sp³-hybridized carbons (Fsp3) is 0.519. The van der Waals surface area contributed by atoms with E-state index >= 15 is 0 Å². The highest BCUT2D eigenvalue weighted by atomic mass is 16.6. The predicted molar refractivity (Wildman–Crippen MR) is 140 cm³/mol. The molecular formula is C27H41N5O3. The van der Waals surface area contributed by atoms with E-state index < -0.39 is 23.8 Å². The molecule has 8 nitrogen and oxygen atoms in total. The number of aliphatic hydroxyl groups excluding tert-OH is 1. The summed E-state index contributed by atoms with van der Waals surface area (Å²) < 4.78 is 5.44. The molecule has 0 aromatic heterocycles. The Morgan fingerprint density at radius 2 is 1.69 bits per heavy atom. The number of anilines is 1. The zero-order valence-corrected chi connectivity index (χ0v) is 21.5. The van der Waals surface area contributed by atoms with E-state index in [0.29, 0.717) is 13.0 Å². The molecule has 0 unspecified atom stereocenters. The van der Waals surface area contributed by atoms with Crippen LogP contribution >= 0.6 is 0 Å². The summed E-state index contributed by atoms with van der Waals surface area (Å²) in [5.74, 6) is 0. The molecule has 2 atom stereocenters. The van der Waals surface area contributed by atoms with E-state index in [1.807, 2.05) is 51.1 Å². The topological polar surface area (TPSA) is 94.3 Å². The Hall–Kier alpha value is -2.65. The first-order valence-corrected chi connectivity index (χ1v) is 12.3. The minimum Gasteiger partial charge on any atom is -0.443 e. The van der Waals surface area contributed by atoms with Crippen LogP contribution in [0.15, 0.2) is 54.6 Å². The van der Waals surface area contributed by atoms with Gasteiger partial charge in [0.2, 0.25) is 0 Å². The third-order valence-electron chi connectivity index (χ3n) is 6.04. The lowest BCUT2D eigenvalue weighted by molar-refractivity contribution is 0.0171. The third kappa shape index (κ3) is 9.14. The van der Waals surface area contributed by atoms with E-state index in [-0.39, 0.29) is 6.54 Å². The number of hydrogen-bond donors (Lipinski definition) is 3. The molecule has 0 spiro atoms. The van der Waals surface area contributed by atoms with Crippen LogP contribution in [0.5, 0.6) is 0 Å². The summed E-state index contributed by atoms with van der Waals surface area (Å²) in [5, 5.41) is 12.5. The molecule has 4 N–H and O–H groups in total. The van der Waals surface area contributed by atoms with Crippen LogP contribution in [-0.2, 0) is 17.7 Å². The Morgan fingerprint density at radius 1 is 1.06 bits per heavy atom. The highest BCUT2D eigenvalue weighted by Crippen LogP contribution is 2.18. The Kier molecular flexibility index (Phi) is 9.51. The van der Waals surface area contributed by atoms with Gasteiger partial charge in [0.25, 0.3) is 0 Å². The molecule has 1 heterocycles. The molecule has 1 aliphatic rings. The van der Waals surface area contributed by atoms with Crippen molar-refractivity contribution >= 4 is 11.8 Å². The fourth-order valence-corrected chi connectivity index (χ4v) is 4.06. The molecule has 0 aliphatic carbocycles. The molecular weight excluding hydrogens is 442 g/mol. The first-order chi connectivity index (χ1) is 16.6. The van der Waals surface area contributed by atoms with Crippen molar-refractivity contribution in [1.29, 1.82) is 0 Å². The number of hydrogen-bond acceptors (Lipinski definition) is 7. The van der Waals surface area contributed by atoms with Gasteiger partial charge in [0.05, 0.1) is 6.10 Å². The van der Waals surface area contributed by atoms with Gasteiger partial charge in [-0.1, -0.05) is 42.5 Å². The summed E-state index contributed by atoms with van der Waals surface area (Å²) >= 11 is 0. The van der Waals surface area contributed by atoms with Gasteiger partial charge >= 0.3 is 6.09 Å². The number of rotatable bonds is 9. The maximum atomic E-state index is 12.5. The Balaban J connectivity index is 1.64. The van der Waals surface area contributed by atoms with Crippen molar-refractivity contribution in [2.75, 3.05) is 44.7 Å². The standard InChI is InChI=1S/C27H41N5O3/c1-27(2,3)35-26(34)29-32(20-25(33)24(28)18-21-8-6-5-7-9-21)19-22-10-12-23(13-11-22)31-16-14-30(4)15-17-31/h5-13,24-25,33H,14-20,28H2,1-4H3,(H,29,34)/t24-,25-/m0/s1. The molecule has 0 radical (unpaired) electrons. The maximum absolute atomic E-state index is 12.5. The molecule has 35 heavy (non-hydrogen) atoms. The van der Waals surface area contributed by atoms with Gasteiger partial charge < -0.3 is 25.4 Å². The lowest BCUT2D eigenvalue weighted by atomic mass is 10.0. The minimum absolute atomic E-state index is 0.174. The summed E-state index contributed by atoms with van der Waals surface area (Å²) in [4.78, 5) is 17.2. The van der Waals surface area contributed by atoms with Crippen LogP contribution in [0.2, 0.25) is 0 Å². The second-order valence-corrected chi connectivity index (χ2v) is 10.4. The summed E-state index contributed by atoms with van der Waals surface area (Å²) in [6.07, 6.45) is -0.854. The van der Waals surface area contributed by atoms with Crippen LogP contribution in [0.1, 0.15) is 31.9 Å². The lowest BCUT2D eigenvalue weighted by Crippen LogP contribution is -2.51. The summed E-state index contributed by atoms with van der Waals surface area (Å²) in [5.41, 5.74) is 11.7. The van der Waals surface area contributed by atoms with Crippen molar-refractivity contribution in [2.24, 2.45) is 5.73 Å². The smallest absolute Gasteiger partial charge is 0.422 e. The summed E-state index contributed by atoms with van der Waals surface area (Å²) in [6, 6.07) is 17.7. The predicted octanol–water partition coefficient (Wildman–Crippen LogP) is 2.61. The van der Waals surface area contributed by atoms with Gasteiger partial charge in [0.1, 0.15) is 5.60 Å². The lowest BCUT2D eigenvalue weighted by Gasteiger charge is -2.34. The Labute approximate surface area is 209 Å². The van der Waals surface area contributed by atoms with Crippen LogP contribution in [0, 0.1) is 0 Å². The Bertz CT molecular complexity index is 909. The van der Waals surface area contributed by atoms with E-state index in [1.54, 1.807) is 5.01 Å². The van der Waals surface area contributed by atoms with E-state index in [4.69, 9.17) is 10.5 Å². The van der Waals surface area contributed by atoms with Crippen molar-refractivity contribution in [3.05, 3.63) is 65.7 Å². The van der Waals surface area contributed by atoms with Gasteiger partial charge in [-0.05, 0) is 57.5 Å².